The molecule has 0 atom stereocenters. The van der Waals surface area contributed by atoms with E-state index in [0.29, 0.717) is 17.7 Å². The molecule has 1 aromatic carbocycles. The average molecular weight is 567 g/mol. The zero-order valence-corrected chi connectivity index (χ0v) is 23.5. The number of H-pyrrole nitrogens is 1. The van der Waals surface area contributed by atoms with Crippen LogP contribution in [0.1, 0.15) is 39.7 Å². The summed E-state index contributed by atoms with van der Waals surface area (Å²) in [5.74, 6) is 0.322. The molecule has 2 N–H and O–H groups in total. The Balaban J connectivity index is 1.50. The summed E-state index contributed by atoms with van der Waals surface area (Å²) in [6.45, 7) is 9.02. The number of benzene rings is 1. The molecule has 1 amide bonds. The van der Waals surface area contributed by atoms with Gasteiger partial charge in [0.15, 0.2) is 0 Å². The maximum atomic E-state index is 13.7. The van der Waals surface area contributed by atoms with Gasteiger partial charge in [-0.15, -0.1) is 0 Å². The van der Waals surface area contributed by atoms with Crippen molar-refractivity contribution in [1.29, 1.82) is 0 Å². The highest BCUT2D eigenvalue weighted by atomic mass is 19.4. The van der Waals surface area contributed by atoms with Crippen LogP contribution in [-0.4, -0.2) is 58.6 Å². The lowest BCUT2D eigenvalue weighted by atomic mass is 9.95. The molecule has 1 aliphatic rings. The zero-order valence-electron chi connectivity index (χ0n) is 23.5. The molecule has 4 heterocycles. The standard InChI is InChI=1S/C30H33F3N6O2/c1-5-38-9-8-21-23(20-6-7-26(34-16-20)39-12-10-37(4)11-13-39)15-22(19(3)27(21)38)28(40)35-17-24-25(30(31,32)33)14-18(2)36-29(24)41/h6-9,14-16H,5,10-13,17H2,1-4H3,(H,35,40)(H,36,41). The van der Waals surface area contributed by atoms with E-state index in [1.807, 2.05) is 42.8 Å². The van der Waals surface area contributed by atoms with Gasteiger partial charge in [0.2, 0.25) is 0 Å². The first-order valence-electron chi connectivity index (χ1n) is 13.6. The van der Waals surface area contributed by atoms with Crippen molar-refractivity contribution in [1.82, 2.24) is 24.8 Å². The average Bonchev–Trinajstić information content (AvgIpc) is 3.37. The third-order valence-corrected chi connectivity index (χ3v) is 7.77. The lowest BCUT2D eigenvalue weighted by Crippen LogP contribution is -2.44. The zero-order chi connectivity index (χ0) is 29.5. The van der Waals surface area contributed by atoms with E-state index < -0.39 is 35.3 Å². The summed E-state index contributed by atoms with van der Waals surface area (Å²) in [5.41, 5.74) is 1.13. The summed E-state index contributed by atoms with van der Waals surface area (Å²) >= 11 is 0. The number of carbonyl (C=O) groups is 1. The van der Waals surface area contributed by atoms with Gasteiger partial charge in [-0.3, -0.25) is 9.59 Å². The van der Waals surface area contributed by atoms with Crippen LogP contribution in [0.15, 0.2) is 47.5 Å². The van der Waals surface area contributed by atoms with Gasteiger partial charge >= 0.3 is 6.18 Å². The van der Waals surface area contributed by atoms with Crippen LogP contribution in [0.4, 0.5) is 19.0 Å². The number of amides is 1. The number of likely N-dealkylation sites (N-methyl/N-ethyl adjacent to an activating group) is 1. The Bertz CT molecular complexity index is 1650. The molecular formula is C30H33F3N6O2. The molecule has 0 spiro atoms. The van der Waals surface area contributed by atoms with E-state index in [0.717, 1.165) is 60.1 Å². The molecule has 1 saturated heterocycles. The van der Waals surface area contributed by atoms with Crippen LogP contribution in [0.5, 0.6) is 0 Å². The van der Waals surface area contributed by atoms with Crippen LogP contribution in [0.25, 0.3) is 22.0 Å². The van der Waals surface area contributed by atoms with E-state index in [1.165, 1.54) is 6.92 Å². The molecule has 0 unspecified atom stereocenters. The fourth-order valence-electron chi connectivity index (χ4n) is 5.48. The van der Waals surface area contributed by atoms with Crippen LogP contribution in [0.3, 0.4) is 0 Å². The summed E-state index contributed by atoms with van der Waals surface area (Å²) in [6, 6.07) is 8.59. The Labute approximate surface area is 235 Å². The molecule has 0 radical (unpaired) electrons. The van der Waals surface area contributed by atoms with Gasteiger partial charge in [-0.1, -0.05) is 0 Å². The lowest BCUT2D eigenvalue weighted by Gasteiger charge is -2.33. The maximum Gasteiger partial charge on any atom is 0.417 e. The van der Waals surface area contributed by atoms with E-state index >= 15 is 0 Å². The van der Waals surface area contributed by atoms with E-state index in [9.17, 15) is 22.8 Å². The number of alkyl halides is 3. The molecule has 3 aromatic heterocycles. The fourth-order valence-corrected chi connectivity index (χ4v) is 5.48. The third-order valence-electron chi connectivity index (χ3n) is 7.77. The number of aromatic amines is 1. The second-order valence-electron chi connectivity index (χ2n) is 10.5. The van der Waals surface area contributed by atoms with Gasteiger partial charge in [0.25, 0.3) is 11.5 Å². The molecule has 8 nitrogen and oxygen atoms in total. The van der Waals surface area contributed by atoms with Crippen molar-refractivity contribution in [2.75, 3.05) is 38.1 Å². The van der Waals surface area contributed by atoms with Gasteiger partial charge < -0.3 is 24.7 Å². The number of nitrogens with one attached hydrogen (secondary N) is 2. The summed E-state index contributed by atoms with van der Waals surface area (Å²) < 4.78 is 43.0. The highest BCUT2D eigenvalue weighted by Crippen LogP contribution is 2.35. The third kappa shape index (κ3) is 5.58. The SMILES string of the molecule is CCn1ccc2c(-c3ccc(N4CCN(C)CC4)nc3)cc(C(=O)NCc3c(C(F)(F)F)cc(C)[nH]c3=O)c(C)c21. The van der Waals surface area contributed by atoms with Crippen molar-refractivity contribution in [3.05, 3.63) is 81.0 Å². The highest BCUT2D eigenvalue weighted by Gasteiger charge is 2.35. The summed E-state index contributed by atoms with van der Waals surface area (Å²) in [4.78, 5) is 37.5. The first-order valence-corrected chi connectivity index (χ1v) is 13.6. The number of fused-ring (bicyclic) bond motifs is 1. The predicted octanol–water partition coefficient (Wildman–Crippen LogP) is 4.73. The number of carbonyl (C=O) groups excluding carboxylic acids is 1. The van der Waals surface area contributed by atoms with E-state index in [-0.39, 0.29) is 5.69 Å². The Morgan fingerprint density at radius 1 is 1.10 bits per heavy atom. The monoisotopic (exact) mass is 566 g/mol. The number of piperazine rings is 1. The van der Waals surface area contributed by atoms with Crippen LogP contribution in [0, 0.1) is 13.8 Å². The number of pyridine rings is 2. The highest BCUT2D eigenvalue weighted by molar-refractivity contribution is 6.06. The molecule has 0 bridgehead atoms. The van der Waals surface area contributed by atoms with Gasteiger partial charge in [0, 0.05) is 79.4 Å². The summed E-state index contributed by atoms with van der Waals surface area (Å²) in [6.07, 6.45) is -0.979. The number of aromatic nitrogens is 3. The van der Waals surface area contributed by atoms with Crippen LogP contribution in [-0.2, 0) is 19.3 Å². The minimum absolute atomic E-state index is 0.0934. The molecule has 1 aliphatic heterocycles. The topological polar surface area (TPSA) is 86.3 Å². The number of hydrogen-bond acceptors (Lipinski definition) is 5. The van der Waals surface area contributed by atoms with E-state index in [2.05, 4.69) is 27.1 Å². The van der Waals surface area contributed by atoms with Crippen LogP contribution in [0.2, 0.25) is 0 Å². The number of rotatable bonds is 6. The van der Waals surface area contributed by atoms with Crippen LogP contribution < -0.4 is 15.8 Å². The van der Waals surface area contributed by atoms with Gasteiger partial charge in [-0.25, -0.2) is 4.98 Å². The number of anilines is 1. The van der Waals surface area contributed by atoms with Crippen molar-refractivity contribution < 1.29 is 18.0 Å². The Morgan fingerprint density at radius 2 is 1.83 bits per heavy atom. The number of aryl methyl sites for hydroxylation is 3. The quantitative estimate of drug-likeness (QED) is 0.353. The molecule has 0 aliphatic carbocycles. The number of hydrogen-bond donors (Lipinski definition) is 2. The van der Waals surface area contributed by atoms with Crippen molar-refractivity contribution in [2.24, 2.45) is 0 Å². The lowest BCUT2D eigenvalue weighted by molar-refractivity contribution is -0.138. The van der Waals surface area contributed by atoms with Crippen molar-refractivity contribution in [3.8, 4) is 11.1 Å². The maximum absolute atomic E-state index is 13.7. The van der Waals surface area contributed by atoms with Crippen molar-refractivity contribution >= 4 is 22.6 Å². The minimum atomic E-state index is -4.73. The van der Waals surface area contributed by atoms with Crippen LogP contribution >= 0.6 is 0 Å². The first-order chi connectivity index (χ1) is 19.5. The van der Waals surface area contributed by atoms with Crippen molar-refractivity contribution in [3.63, 3.8) is 0 Å². The number of halogens is 3. The van der Waals surface area contributed by atoms with E-state index in [1.54, 1.807) is 12.3 Å². The largest absolute Gasteiger partial charge is 0.417 e. The minimum Gasteiger partial charge on any atom is -0.354 e. The van der Waals surface area contributed by atoms with Gasteiger partial charge in [0.05, 0.1) is 11.1 Å². The fraction of sp³-hybridized carbons (Fsp3) is 0.367. The normalized spacial score (nSPS) is 14.6. The molecule has 41 heavy (non-hydrogen) atoms. The molecule has 5 rings (SSSR count). The smallest absolute Gasteiger partial charge is 0.354 e. The van der Waals surface area contributed by atoms with Gasteiger partial charge in [-0.2, -0.15) is 13.2 Å². The van der Waals surface area contributed by atoms with Gasteiger partial charge in [0.1, 0.15) is 5.82 Å². The molecule has 1 fully saturated rings. The number of nitrogens with zero attached hydrogens (tertiary/aromatic N) is 4. The molecule has 4 aromatic rings. The Morgan fingerprint density at radius 3 is 2.46 bits per heavy atom. The molecule has 11 heteroatoms. The second-order valence-corrected chi connectivity index (χ2v) is 10.5. The summed E-state index contributed by atoms with van der Waals surface area (Å²) in [7, 11) is 2.10. The van der Waals surface area contributed by atoms with Crippen molar-refractivity contribution in [2.45, 2.75) is 40.0 Å². The Hall–Kier alpha value is -4.12. The summed E-state index contributed by atoms with van der Waals surface area (Å²) in [5, 5.41) is 3.51. The molecular weight excluding hydrogens is 533 g/mol. The molecule has 0 saturated carbocycles. The first kappa shape index (κ1) is 28.4. The Kier molecular flexibility index (Phi) is 7.65. The van der Waals surface area contributed by atoms with Gasteiger partial charge in [-0.05, 0) is 69.3 Å². The molecule has 216 valence electrons. The second kappa shape index (κ2) is 11.0. The predicted molar refractivity (Wildman–Crippen MR) is 153 cm³/mol. The van der Waals surface area contributed by atoms with E-state index in [4.69, 9.17) is 4.98 Å².